The van der Waals surface area contributed by atoms with Gasteiger partial charge in [0.15, 0.2) is 10.3 Å². The Balaban J connectivity index is 1.42. The molecule has 2 heterocycles. The van der Waals surface area contributed by atoms with Gasteiger partial charge in [0.1, 0.15) is 5.82 Å². The lowest BCUT2D eigenvalue weighted by Gasteiger charge is -2.11. The number of amidine groups is 1. The summed E-state index contributed by atoms with van der Waals surface area (Å²) in [7, 11) is 0. The molecule has 1 aliphatic heterocycles. The molecule has 2 aromatic carbocycles. The van der Waals surface area contributed by atoms with Crippen LogP contribution in [0.4, 0.5) is 0 Å². The molecular formula is C21H21IN6OS2. The first kappa shape index (κ1) is 22.2. The Morgan fingerprint density at radius 2 is 1.87 bits per heavy atom. The maximum Gasteiger partial charge on any atom is 0.248 e. The van der Waals surface area contributed by atoms with Crippen LogP contribution in [0.3, 0.4) is 0 Å². The normalized spacial score (nSPS) is 15.5. The number of benzene rings is 2. The Kier molecular flexibility index (Phi) is 7.86. The number of hydrazine groups is 1. The molecule has 1 atom stereocenters. The number of carbonyl (C=O) groups excluding carboxylic acids is 1. The van der Waals surface area contributed by atoms with Gasteiger partial charge in [0, 0.05) is 21.8 Å². The smallest absolute Gasteiger partial charge is 0.248 e. The van der Waals surface area contributed by atoms with Gasteiger partial charge in [0.05, 0.1) is 12.3 Å². The Labute approximate surface area is 203 Å². The van der Waals surface area contributed by atoms with Gasteiger partial charge in [-0.1, -0.05) is 94.6 Å². The zero-order valence-corrected chi connectivity index (χ0v) is 20.4. The van der Waals surface area contributed by atoms with Gasteiger partial charge in [-0.15, -0.1) is 10.2 Å². The Morgan fingerprint density at radius 1 is 1.13 bits per heavy atom. The number of aliphatic imine (C=N–C) groups is 1. The molecule has 0 saturated heterocycles. The molecule has 0 aliphatic carbocycles. The number of amides is 1. The molecule has 160 valence electrons. The van der Waals surface area contributed by atoms with E-state index in [-0.39, 0.29) is 11.7 Å². The molecule has 1 unspecified atom stereocenters. The van der Waals surface area contributed by atoms with Crippen LogP contribution in [0.15, 0.2) is 70.8 Å². The van der Waals surface area contributed by atoms with Crippen molar-refractivity contribution in [3.8, 4) is 5.69 Å². The summed E-state index contributed by atoms with van der Waals surface area (Å²) in [4.78, 5) is 16.7. The summed E-state index contributed by atoms with van der Waals surface area (Å²) in [5.41, 5.74) is 7.77. The minimum absolute atomic E-state index is 0.140. The van der Waals surface area contributed by atoms with E-state index in [1.165, 1.54) is 11.8 Å². The second-order valence-corrected chi connectivity index (χ2v) is 9.85. The zero-order valence-electron chi connectivity index (χ0n) is 16.6. The van der Waals surface area contributed by atoms with Crippen molar-refractivity contribution in [2.75, 3.05) is 16.7 Å². The average Bonchev–Trinajstić information content (AvgIpc) is 3.44. The molecular weight excluding hydrogens is 543 g/mol. The summed E-state index contributed by atoms with van der Waals surface area (Å²) >= 11 is 5.36. The number of thioether (sulfide) groups is 2. The van der Waals surface area contributed by atoms with Gasteiger partial charge in [0.25, 0.3) is 0 Å². The molecule has 7 nitrogen and oxygen atoms in total. The lowest BCUT2D eigenvalue weighted by Crippen LogP contribution is -2.41. The number of para-hydroxylation sites is 1. The first-order valence-electron chi connectivity index (χ1n) is 9.71. The van der Waals surface area contributed by atoms with Gasteiger partial charge in [-0.3, -0.25) is 25.2 Å². The van der Waals surface area contributed by atoms with E-state index in [1.54, 1.807) is 11.8 Å². The van der Waals surface area contributed by atoms with Crippen molar-refractivity contribution >= 4 is 57.2 Å². The van der Waals surface area contributed by atoms with Crippen molar-refractivity contribution in [2.45, 2.75) is 16.8 Å². The summed E-state index contributed by atoms with van der Waals surface area (Å²) in [6.07, 6.45) is 0.659. The molecule has 0 spiro atoms. The van der Waals surface area contributed by atoms with E-state index in [4.69, 9.17) is 0 Å². The molecule has 0 bridgehead atoms. The topological polar surface area (TPSA) is 84.2 Å². The number of nitrogens with one attached hydrogen (secondary N) is 2. The van der Waals surface area contributed by atoms with Crippen LogP contribution in [0, 0.1) is 0 Å². The van der Waals surface area contributed by atoms with Crippen LogP contribution in [0.2, 0.25) is 0 Å². The van der Waals surface area contributed by atoms with Crippen LogP contribution >= 0.6 is 46.1 Å². The highest BCUT2D eigenvalue weighted by Gasteiger charge is 2.19. The average molecular weight is 564 g/mol. The van der Waals surface area contributed by atoms with Gasteiger partial charge in [-0.2, -0.15) is 0 Å². The fourth-order valence-electron chi connectivity index (χ4n) is 2.98. The third kappa shape index (κ3) is 6.01. The van der Waals surface area contributed by atoms with Crippen LogP contribution in [0.5, 0.6) is 0 Å². The first-order valence-corrected chi connectivity index (χ1v) is 13.1. The number of alkyl halides is 1. The van der Waals surface area contributed by atoms with Gasteiger partial charge in [-0.25, -0.2) is 0 Å². The first-order chi connectivity index (χ1) is 15.2. The quantitative estimate of drug-likeness (QED) is 0.198. The highest BCUT2D eigenvalue weighted by Crippen LogP contribution is 2.24. The van der Waals surface area contributed by atoms with Crippen molar-refractivity contribution in [3.63, 3.8) is 0 Å². The third-order valence-corrected chi connectivity index (χ3v) is 8.14. The van der Waals surface area contributed by atoms with Crippen molar-refractivity contribution in [2.24, 2.45) is 4.99 Å². The van der Waals surface area contributed by atoms with E-state index in [9.17, 15) is 4.79 Å². The molecule has 1 aliphatic rings. The molecule has 1 aromatic heterocycles. The Hall–Kier alpha value is -2.05. The number of rotatable bonds is 7. The lowest BCUT2D eigenvalue weighted by atomic mass is 10.1. The number of nitrogens with zero attached hydrogens (tertiary/aromatic N) is 4. The fraction of sp³-hybridized carbons (Fsp3) is 0.238. The second kappa shape index (κ2) is 11.0. The number of aromatic nitrogens is 3. The molecule has 4 rings (SSSR count). The summed E-state index contributed by atoms with van der Waals surface area (Å²) in [5.74, 6) is 0.912. The third-order valence-electron chi connectivity index (χ3n) is 4.45. The van der Waals surface area contributed by atoms with Gasteiger partial charge in [-0.05, 0) is 17.7 Å². The zero-order chi connectivity index (χ0) is 21.5. The summed E-state index contributed by atoms with van der Waals surface area (Å²) < 4.78 is 3.04. The van der Waals surface area contributed by atoms with E-state index < -0.39 is 0 Å². The van der Waals surface area contributed by atoms with Crippen LogP contribution in [-0.4, -0.2) is 47.8 Å². The van der Waals surface area contributed by atoms with Crippen LogP contribution < -0.4 is 10.9 Å². The van der Waals surface area contributed by atoms with Crippen LogP contribution in [-0.2, 0) is 11.2 Å². The van der Waals surface area contributed by atoms with Crippen molar-refractivity contribution in [1.82, 2.24) is 25.6 Å². The molecule has 1 amide bonds. The molecule has 3 aromatic rings. The molecule has 0 fully saturated rings. The lowest BCUT2D eigenvalue weighted by molar-refractivity contribution is -0.119. The van der Waals surface area contributed by atoms with E-state index in [2.05, 4.69) is 60.8 Å². The highest BCUT2D eigenvalue weighted by molar-refractivity contribution is 14.1. The van der Waals surface area contributed by atoms with E-state index in [0.29, 0.717) is 16.8 Å². The fourth-order valence-corrected chi connectivity index (χ4v) is 5.35. The molecule has 2 N–H and O–H groups in total. The predicted octanol–water partition coefficient (Wildman–Crippen LogP) is 3.48. The largest absolute Gasteiger partial charge is 0.277 e. The van der Waals surface area contributed by atoms with Gasteiger partial charge < -0.3 is 0 Å². The number of carbonyl (C=O) groups is 1. The predicted molar refractivity (Wildman–Crippen MR) is 135 cm³/mol. The summed E-state index contributed by atoms with van der Waals surface area (Å²) in [5, 5.41) is 10.7. The second-order valence-electron chi connectivity index (χ2n) is 6.73. The van der Waals surface area contributed by atoms with Crippen LogP contribution in [0.25, 0.3) is 5.69 Å². The summed E-state index contributed by atoms with van der Waals surface area (Å²) in [6, 6.07) is 20.1. The number of hydrogen-bond acceptors (Lipinski definition) is 7. The van der Waals surface area contributed by atoms with Crippen molar-refractivity contribution < 1.29 is 4.79 Å². The standard InChI is InChI=1S/C21H21IN6OS2/c22-12-17-13-23-20(31-17)26-25-19(29)14-30-21-27-24-18(11-15-7-3-1-4-8-15)28(21)16-9-5-2-6-10-16/h1-10,17H,11-14H2,(H,23,26)(H,25,29). The molecule has 31 heavy (non-hydrogen) atoms. The Bertz CT molecular complexity index is 1040. The molecule has 0 radical (unpaired) electrons. The maximum absolute atomic E-state index is 12.4. The van der Waals surface area contributed by atoms with E-state index in [1.807, 2.05) is 53.1 Å². The number of halogens is 1. The molecule has 0 saturated carbocycles. The van der Waals surface area contributed by atoms with E-state index >= 15 is 0 Å². The van der Waals surface area contributed by atoms with Gasteiger partial charge >= 0.3 is 0 Å². The monoisotopic (exact) mass is 564 g/mol. The SMILES string of the molecule is O=C(CSc1nnc(Cc2ccccc2)n1-c1ccccc1)NNC1=NCC(CI)S1. The Morgan fingerprint density at radius 3 is 2.58 bits per heavy atom. The van der Waals surface area contributed by atoms with Crippen LogP contribution in [0.1, 0.15) is 11.4 Å². The minimum Gasteiger partial charge on any atom is -0.277 e. The number of hydrogen-bond donors (Lipinski definition) is 2. The van der Waals surface area contributed by atoms with Gasteiger partial charge in [0.2, 0.25) is 5.91 Å². The van der Waals surface area contributed by atoms with Crippen molar-refractivity contribution in [3.05, 3.63) is 72.1 Å². The molecule has 10 heteroatoms. The highest BCUT2D eigenvalue weighted by atomic mass is 127. The summed E-state index contributed by atoms with van der Waals surface area (Å²) in [6.45, 7) is 0.783. The van der Waals surface area contributed by atoms with Crippen molar-refractivity contribution in [1.29, 1.82) is 0 Å². The maximum atomic E-state index is 12.4. The minimum atomic E-state index is -0.140. The van der Waals surface area contributed by atoms with E-state index in [0.717, 1.165) is 33.2 Å².